The van der Waals surface area contributed by atoms with Gasteiger partial charge in [-0.3, -0.25) is 72.0 Å². The van der Waals surface area contributed by atoms with Gasteiger partial charge in [0.15, 0.2) is 0 Å². The number of aliphatic hydroxyl groups excluding tert-OH is 2. The van der Waals surface area contributed by atoms with E-state index in [1.165, 1.54) is 37.7 Å². The fourth-order valence-electron chi connectivity index (χ4n) is 9.89. The van der Waals surface area contributed by atoms with E-state index in [-0.39, 0.29) is 45.3 Å². The van der Waals surface area contributed by atoms with Crippen molar-refractivity contribution in [1.29, 1.82) is 0 Å². The number of benzene rings is 2. The predicted octanol–water partition coefficient (Wildman–Crippen LogP) is -3.66. The number of nitrogens with one attached hydrogen (secondary N) is 12. The molecule has 89 heavy (non-hydrogen) atoms. The van der Waals surface area contributed by atoms with Crippen molar-refractivity contribution in [2.45, 2.75) is 120 Å². The molecule has 14 amide bonds. The van der Waals surface area contributed by atoms with Crippen molar-refractivity contribution in [3.8, 4) is 0 Å². The van der Waals surface area contributed by atoms with Gasteiger partial charge in [-0.2, -0.15) is 0 Å². The van der Waals surface area contributed by atoms with Crippen LogP contribution >= 0.6 is 11.8 Å². The van der Waals surface area contributed by atoms with Crippen LogP contribution in [0, 0.1) is 11.8 Å². The first-order chi connectivity index (χ1) is 42.4. The van der Waals surface area contributed by atoms with Gasteiger partial charge in [-0.15, -0.1) is 11.8 Å². The summed E-state index contributed by atoms with van der Waals surface area (Å²) in [5.74, 6) is -12.5. The SMILES string of the molecule is CC[C@H](C)[C@@H]1NC(=O)CNC(=O)[C@H](Cc2c(SC)[nH]c3ccccc23)NC(=O)[C@H]([C@@H](C)[C@@H](O)CO)NC(=O)[C@@H]2CCCN2C(=O)[C@H](CC(=O)NCc2ccc(NC(=O)[C@H](C)NC(=O)CNC(=O)CCN3C(=O)C=CC3=O)cc2)NC(=O)CNC(=O)CNC1=O. The van der Waals surface area contributed by atoms with Crippen LogP contribution in [0.3, 0.4) is 0 Å². The van der Waals surface area contributed by atoms with Gasteiger partial charge < -0.3 is 78.6 Å². The van der Waals surface area contributed by atoms with E-state index in [1.807, 2.05) is 12.1 Å². The molecule has 4 heterocycles. The van der Waals surface area contributed by atoms with Crippen molar-refractivity contribution in [2.75, 3.05) is 57.4 Å². The van der Waals surface area contributed by atoms with E-state index in [4.69, 9.17) is 0 Å². The molecule has 0 saturated carbocycles. The number of hydrogen-bond donors (Lipinski definition) is 14. The Hall–Kier alpha value is -9.23. The van der Waals surface area contributed by atoms with Crippen molar-refractivity contribution in [1.82, 2.24) is 68.0 Å². The maximum atomic E-state index is 14.6. The van der Waals surface area contributed by atoms with Crippen LogP contribution in [0.4, 0.5) is 5.69 Å². The van der Waals surface area contributed by atoms with Crippen LogP contribution in [0.5, 0.6) is 0 Å². The number of H-pyrrole nitrogens is 1. The van der Waals surface area contributed by atoms with Gasteiger partial charge in [-0.05, 0) is 61.3 Å². The van der Waals surface area contributed by atoms with Gasteiger partial charge in [0.05, 0.1) is 50.3 Å². The number of amides is 14. The number of aromatic amines is 1. The molecule has 3 aliphatic heterocycles. The smallest absolute Gasteiger partial charge is 0.253 e. The van der Waals surface area contributed by atoms with Gasteiger partial charge in [0.25, 0.3) is 11.8 Å². The number of carbonyl (C=O) groups is 14. The van der Waals surface area contributed by atoms with Gasteiger partial charge in [0, 0.05) is 67.1 Å². The minimum absolute atomic E-state index is 0.0266. The molecule has 3 aliphatic rings. The lowest BCUT2D eigenvalue weighted by atomic mass is 9.94. The van der Waals surface area contributed by atoms with Gasteiger partial charge in [-0.25, -0.2) is 0 Å². The summed E-state index contributed by atoms with van der Waals surface area (Å²) in [4.78, 5) is 192. The van der Waals surface area contributed by atoms with E-state index >= 15 is 0 Å². The number of aromatic nitrogens is 1. The zero-order valence-electron chi connectivity index (χ0n) is 49.8. The molecule has 14 N–H and O–H groups in total. The lowest BCUT2D eigenvalue weighted by Crippen LogP contribution is -2.61. The number of hydrogen-bond acceptors (Lipinski definition) is 17. The quantitative estimate of drug-likeness (QED) is 0.0383. The molecule has 9 atom stereocenters. The van der Waals surface area contributed by atoms with Gasteiger partial charge in [0.1, 0.15) is 36.3 Å². The highest BCUT2D eigenvalue weighted by Gasteiger charge is 2.42. The third-order valence-corrected chi connectivity index (χ3v) is 16.0. The summed E-state index contributed by atoms with van der Waals surface area (Å²) < 4.78 is 0. The first kappa shape index (κ1) is 68.9. The Kier molecular flexibility index (Phi) is 25.3. The van der Waals surface area contributed by atoms with E-state index in [9.17, 15) is 77.3 Å². The molecule has 480 valence electrons. The fourth-order valence-corrected chi connectivity index (χ4v) is 10.5. The fraction of sp³-hybridized carbons (Fsp3) is 0.483. The van der Waals surface area contributed by atoms with Gasteiger partial charge in [0.2, 0.25) is 70.9 Å². The molecule has 0 aliphatic carbocycles. The molecule has 1 aromatic heterocycles. The van der Waals surface area contributed by atoms with E-state index in [0.717, 1.165) is 27.5 Å². The van der Waals surface area contributed by atoms with Crippen LogP contribution in [0.25, 0.3) is 10.9 Å². The number of anilines is 1. The Bertz CT molecular complexity index is 3190. The number of nitrogens with zero attached hydrogens (tertiary/aromatic N) is 2. The largest absolute Gasteiger partial charge is 0.394 e. The summed E-state index contributed by atoms with van der Waals surface area (Å²) in [6.07, 6.45) is 1.90. The van der Waals surface area contributed by atoms with E-state index in [0.29, 0.717) is 33.6 Å². The molecule has 2 saturated heterocycles. The number of fused-ring (bicyclic) bond motifs is 2. The maximum absolute atomic E-state index is 14.6. The monoisotopic (exact) mass is 1260 g/mol. The summed E-state index contributed by atoms with van der Waals surface area (Å²) in [6.45, 7) is 2.40. The average molecular weight is 1260 g/mol. The molecule has 0 spiro atoms. The summed E-state index contributed by atoms with van der Waals surface area (Å²) >= 11 is 1.34. The second-order valence-corrected chi connectivity index (χ2v) is 22.5. The molecule has 3 aromatic rings. The highest BCUT2D eigenvalue weighted by molar-refractivity contribution is 7.98. The standard InChI is InChI=1S/C58H76N14O16S/c1-6-30(2)50-55(86)63-25-44(77)61-27-46(79)66-39(23-43(76)59-24-33-13-15-34(16-14-33)65-52(83)32(4)64-45(78)26-60-42(75)19-21-72-48(81)17-18-49(72)82)58(88)71-20-9-12-40(71)54(85)70-51(31(3)41(74)29-73)56(87)67-38(53(84)62-28-47(80)69-50)22-36-35-10-7-8-11-37(35)68-57(36)89-5/h7-8,10-11,13-18,30-32,38-41,50-51,68,73-74H,6,9,12,19-29H2,1-5H3,(H,59,76)(H,60,75)(H,61,77)(H,62,84)(H,63,86)(H,64,78)(H,65,83)(H,66,79)(H,67,87)(H,69,80)(H,70,85)/t30-,31-,32-,38-,39-,40-,41-,50-,51-/m0/s1. The molecule has 0 radical (unpaired) electrons. The number of para-hydroxylation sites is 1. The third-order valence-electron chi connectivity index (χ3n) is 15.3. The number of imide groups is 1. The molecule has 6 rings (SSSR count). The van der Waals surface area contributed by atoms with Crippen LogP contribution in [0.1, 0.15) is 70.9 Å². The highest BCUT2D eigenvalue weighted by atomic mass is 32.2. The zero-order valence-corrected chi connectivity index (χ0v) is 50.6. The highest BCUT2D eigenvalue weighted by Crippen LogP contribution is 2.30. The molecule has 30 nitrogen and oxygen atoms in total. The average Bonchev–Trinajstić information content (AvgIpc) is 4.12. The van der Waals surface area contributed by atoms with Crippen molar-refractivity contribution in [3.05, 3.63) is 71.8 Å². The Morgan fingerprint density at radius 3 is 2.07 bits per heavy atom. The van der Waals surface area contributed by atoms with E-state index in [2.05, 4.69) is 63.5 Å². The molecule has 0 unspecified atom stereocenters. The second-order valence-electron chi connectivity index (χ2n) is 21.6. The molecular weight excluding hydrogens is 1180 g/mol. The molecule has 0 bridgehead atoms. The van der Waals surface area contributed by atoms with Crippen molar-refractivity contribution in [3.63, 3.8) is 0 Å². The third kappa shape index (κ3) is 19.4. The summed E-state index contributed by atoms with van der Waals surface area (Å²) in [5.41, 5.74) is 2.14. The first-order valence-electron chi connectivity index (χ1n) is 28.9. The summed E-state index contributed by atoms with van der Waals surface area (Å²) in [6, 6.07) is 4.92. The van der Waals surface area contributed by atoms with Crippen LogP contribution in [0.2, 0.25) is 0 Å². The number of carbonyl (C=O) groups excluding carboxylic acids is 14. The topological polar surface area (TPSA) is 434 Å². The van der Waals surface area contributed by atoms with Gasteiger partial charge >= 0.3 is 0 Å². The Labute approximate surface area is 515 Å². The van der Waals surface area contributed by atoms with E-state index < -0.39 is 176 Å². The normalized spacial score (nSPS) is 21.5. The van der Waals surface area contributed by atoms with Crippen molar-refractivity contribution >= 4 is 111 Å². The molecular formula is C58H76N14O16S. The minimum atomic E-state index is -1.68. The van der Waals surface area contributed by atoms with Crippen LogP contribution in [0.15, 0.2) is 65.7 Å². The van der Waals surface area contributed by atoms with Crippen LogP contribution < -0.4 is 58.5 Å². The molecule has 2 aromatic carbocycles. The first-order valence-corrected chi connectivity index (χ1v) is 30.1. The second kappa shape index (κ2) is 32.7. The zero-order chi connectivity index (χ0) is 65.1. The number of rotatable bonds is 20. The Morgan fingerprint density at radius 2 is 1.38 bits per heavy atom. The summed E-state index contributed by atoms with van der Waals surface area (Å²) in [5, 5.41) is 50.2. The Morgan fingerprint density at radius 1 is 0.719 bits per heavy atom. The number of aliphatic hydroxyl groups is 2. The maximum Gasteiger partial charge on any atom is 0.253 e. The summed E-state index contributed by atoms with van der Waals surface area (Å²) in [7, 11) is 0. The number of thioether (sulfide) groups is 1. The lowest BCUT2D eigenvalue weighted by molar-refractivity contribution is -0.144. The predicted molar refractivity (Wildman–Crippen MR) is 320 cm³/mol. The van der Waals surface area contributed by atoms with Crippen LogP contribution in [-0.2, 0) is 80.1 Å². The molecule has 2 fully saturated rings. The molecule has 31 heteroatoms. The Balaban J connectivity index is 1.17. The lowest BCUT2D eigenvalue weighted by Gasteiger charge is -2.32. The van der Waals surface area contributed by atoms with Crippen molar-refractivity contribution in [2.24, 2.45) is 11.8 Å². The minimum Gasteiger partial charge on any atom is -0.394 e. The van der Waals surface area contributed by atoms with Crippen LogP contribution in [-0.4, -0.2) is 202 Å². The van der Waals surface area contributed by atoms with E-state index in [1.54, 1.807) is 44.4 Å². The van der Waals surface area contributed by atoms with Gasteiger partial charge in [-0.1, -0.05) is 57.5 Å². The van der Waals surface area contributed by atoms with Crippen molar-refractivity contribution < 1.29 is 77.3 Å².